The minimum absolute atomic E-state index is 0. The number of hydrogen-bond donors (Lipinski definition) is 3. The number of thiocarbonyl (C=S) groups is 1. The van der Waals surface area contributed by atoms with Crippen LogP contribution in [0.25, 0.3) is 0 Å². The molecule has 7 heteroatoms. The number of carboxylic acids is 2. The Morgan fingerprint density at radius 2 is 1.28 bits per heavy atom. The average molecular weight is 555 g/mol. The average Bonchev–Trinajstić information content (AvgIpc) is 2.56. The van der Waals surface area contributed by atoms with E-state index in [9.17, 15) is 9.59 Å². The first-order valence-electron chi connectivity index (χ1n) is 7.34. The van der Waals surface area contributed by atoms with Gasteiger partial charge >= 0.3 is 39.2 Å². The van der Waals surface area contributed by atoms with Gasteiger partial charge in [-0.3, -0.25) is 9.59 Å². The van der Waals surface area contributed by atoms with Crippen molar-refractivity contribution in [2.45, 2.75) is 19.3 Å². The first-order chi connectivity index (χ1) is 11.5. The SMILES string of the molecule is O=C(O)CCCC(=O)O.S=C(Nc1ccccc1)c1ccccc1.[PbH2]. The second-order valence-corrected chi connectivity index (χ2v) is 5.24. The summed E-state index contributed by atoms with van der Waals surface area (Å²) in [6, 6.07) is 19.9. The van der Waals surface area contributed by atoms with Crippen molar-refractivity contribution in [3.8, 4) is 0 Å². The predicted octanol–water partition coefficient (Wildman–Crippen LogP) is 2.88. The van der Waals surface area contributed by atoms with Crippen LogP contribution in [0.4, 0.5) is 5.69 Å². The summed E-state index contributed by atoms with van der Waals surface area (Å²) >= 11 is 5.29. The standard InChI is InChI=1S/C13H11NS.C5H8O4.Pb.2H/c15-13(11-7-3-1-4-8-11)14-12-9-5-2-6-10-12;6-4(7)2-1-3-5(8)9;;;/h1-10H,(H,14,15);1-3H2,(H,6,7)(H,8,9);;;. The fourth-order valence-electron chi connectivity index (χ4n) is 1.71. The molecule has 2 aromatic rings. The molecule has 0 bridgehead atoms. The van der Waals surface area contributed by atoms with Crippen LogP contribution in [-0.2, 0) is 9.59 Å². The van der Waals surface area contributed by atoms with Gasteiger partial charge in [0.15, 0.2) is 0 Å². The second-order valence-electron chi connectivity index (χ2n) is 4.83. The fraction of sp³-hybridized carbons (Fsp3) is 0.167. The maximum atomic E-state index is 9.79. The molecule has 0 aliphatic carbocycles. The molecule has 3 N–H and O–H groups in total. The summed E-state index contributed by atoms with van der Waals surface area (Å²) in [7, 11) is 0. The van der Waals surface area contributed by atoms with Gasteiger partial charge in [-0.25, -0.2) is 0 Å². The number of benzene rings is 2. The van der Waals surface area contributed by atoms with E-state index < -0.39 is 11.9 Å². The fourth-order valence-corrected chi connectivity index (χ4v) is 1.96. The van der Waals surface area contributed by atoms with Crippen LogP contribution >= 0.6 is 12.2 Å². The summed E-state index contributed by atoms with van der Waals surface area (Å²) < 4.78 is 0. The van der Waals surface area contributed by atoms with Gasteiger partial charge in [0.05, 0.1) is 0 Å². The number of nitrogens with one attached hydrogen (secondary N) is 1. The molecule has 0 amide bonds. The third-order valence-electron chi connectivity index (χ3n) is 2.85. The van der Waals surface area contributed by atoms with E-state index in [1.54, 1.807) is 0 Å². The first-order valence-corrected chi connectivity index (χ1v) is 7.75. The molecule has 0 saturated carbocycles. The van der Waals surface area contributed by atoms with Crippen molar-refractivity contribution in [1.29, 1.82) is 0 Å². The Morgan fingerprint density at radius 1 is 0.840 bits per heavy atom. The van der Waals surface area contributed by atoms with Crippen LogP contribution in [0.2, 0.25) is 0 Å². The molecule has 0 aliphatic rings. The molecule has 0 atom stereocenters. The Labute approximate surface area is 172 Å². The molecule has 0 aromatic heterocycles. The molecule has 25 heavy (non-hydrogen) atoms. The van der Waals surface area contributed by atoms with Gasteiger partial charge in [0.2, 0.25) is 0 Å². The Kier molecular flexibility index (Phi) is 12.5. The van der Waals surface area contributed by atoms with Crippen molar-refractivity contribution in [1.82, 2.24) is 0 Å². The molecule has 0 saturated heterocycles. The number of carboxylic acid groups (broad SMARTS) is 2. The molecule has 2 rings (SSSR count). The zero-order valence-electron chi connectivity index (χ0n) is 13.7. The molecular weight excluding hydrogens is 533 g/mol. The Bertz CT molecular complexity index is 651. The normalized spacial score (nSPS) is 8.96. The van der Waals surface area contributed by atoms with Crippen LogP contribution in [0.1, 0.15) is 24.8 Å². The van der Waals surface area contributed by atoms with Crippen LogP contribution in [0, 0.1) is 0 Å². The van der Waals surface area contributed by atoms with Crippen molar-refractivity contribution in [2.24, 2.45) is 0 Å². The summed E-state index contributed by atoms with van der Waals surface area (Å²) in [5.74, 6) is -1.90. The van der Waals surface area contributed by atoms with E-state index in [0.29, 0.717) is 0 Å². The monoisotopic (exact) mass is 555 g/mol. The van der Waals surface area contributed by atoms with Gasteiger partial charge in [0, 0.05) is 24.1 Å². The van der Waals surface area contributed by atoms with Crippen LogP contribution in [0.15, 0.2) is 60.7 Å². The summed E-state index contributed by atoms with van der Waals surface area (Å²) in [6.07, 6.45) is 0.0866. The van der Waals surface area contributed by atoms with E-state index in [4.69, 9.17) is 22.4 Å². The summed E-state index contributed by atoms with van der Waals surface area (Å²) in [5.41, 5.74) is 2.06. The van der Waals surface area contributed by atoms with Gasteiger partial charge in [-0.15, -0.1) is 0 Å². The molecule has 2 radical (unpaired) electrons. The van der Waals surface area contributed by atoms with E-state index in [1.165, 1.54) is 0 Å². The molecule has 132 valence electrons. The minimum atomic E-state index is -0.948. The molecule has 0 heterocycles. The van der Waals surface area contributed by atoms with E-state index in [-0.39, 0.29) is 46.6 Å². The predicted molar refractivity (Wildman–Crippen MR) is 106 cm³/mol. The number of rotatable bonds is 6. The van der Waals surface area contributed by atoms with Crippen LogP contribution in [0.5, 0.6) is 0 Å². The second kappa shape index (κ2) is 13.5. The maximum absolute atomic E-state index is 9.79. The number of aliphatic carboxylic acids is 2. The van der Waals surface area contributed by atoms with Gasteiger partial charge in [0.1, 0.15) is 4.99 Å². The van der Waals surface area contributed by atoms with E-state index >= 15 is 0 Å². The Balaban J connectivity index is 0.000000504. The Morgan fingerprint density at radius 3 is 1.72 bits per heavy atom. The molecule has 0 unspecified atom stereocenters. The molecule has 0 spiro atoms. The van der Waals surface area contributed by atoms with Gasteiger partial charge in [0.25, 0.3) is 0 Å². The molecule has 2 aromatic carbocycles. The molecule has 5 nitrogen and oxygen atoms in total. The number of carbonyl (C=O) groups is 2. The Hall–Kier alpha value is -1.81. The zero-order valence-corrected chi connectivity index (χ0v) is 20.0. The quantitative estimate of drug-likeness (QED) is 0.376. The first kappa shape index (κ1) is 23.2. The third kappa shape index (κ3) is 11.4. The molecule has 0 fully saturated rings. The zero-order chi connectivity index (χ0) is 17.8. The van der Waals surface area contributed by atoms with Gasteiger partial charge < -0.3 is 15.5 Å². The topological polar surface area (TPSA) is 86.6 Å². The van der Waals surface area contributed by atoms with Crippen LogP contribution < -0.4 is 5.32 Å². The summed E-state index contributed by atoms with van der Waals surface area (Å²) in [4.78, 5) is 20.3. The van der Waals surface area contributed by atoms with E-state index in [0.717, 1.165) is 16.2 Å². The van der Waals surface area contributed by atoms with Crippen molar-refractivity contribution in [2.75, 3.05) is 5.32 Å². The number of hydrogen-bond acceptors (Lipinski definition) is 3. The van der Waals surface area contributed by atoms with Crippen molar-refractivity contribution in [3.63, 3.8) is 0 Å². The van der Waals surface area contributed by atoms with Gasteiger partial charge in [-0.05, 0) is 18.6 Å². The summed E-state index contributed by atoms with van der Waals surface area (Å²) in [6.45, 7) is 0. The number of anilines is 1. The third-order valence-corrected chi connectivity index (χ3v) is 3.19. The van der Waals surface area contributed by atoms with Crippen molar-refractivity contribution < 1.29 is 19.8 Å². The number of para-hydroxylation sites is 1. The van der Waals surface area contributed by atoms with Crippen LogP contribution in [0.3, 0.4) is 0 Å². The summed E-state index contributed by atoms with van der Waals surface area (Å²) in [5, 5.41) is 19.3. The van der Waals surface area contributed by atoms with E-state index in [1.807, 2.05) is 60.7 Å². The van der Waals surface area contributed by atoms with Gasteiger partial charge in [-0.1, -0.05) is 60.7 Å². The van der Waals surface area contributed by atoms with E-state index in [2.05, 4.69) is 5.32 Å². The van der Waals surface area contributed by atoms with Crippen molar-refractivity contribution in [3.05, 3.63) is 66.2 Å². The molecular formula is C18H21NO4PbS. The van der Waals surface area contributed by atoms with Crippen LogP contribution in [-0.4, -0.2) is 54.4 Å². The van der Waals surface area contributed by atoms with Gasteiger partial charge in [-0.2, -0.15) is 0 Å². The van der Waals surface area contributed by atoms with Crippen molar-refractivity contribution >= 4 is 62.1 Å². The molecule has 0 aliphatic heterocycles.